The number of allylic oxidation sites excluding steroid dienone is 4. The van der Waals surface area contributed by atoms with Crippen LogP contribution in [-0.2, 0) is 40.0 Å². The Morgan fingerprint density at radius 1 is 0.706 bits per heavy atom. The molecule has 0 radical (unpaired) electrons. The number of benzene rings is 4. The number of alkyl halides is 6. The first kappa shape index (κ1) is 37.5. The summed E-state index contributed by atoms with van der Waals surface area (Å²) in [5.41, 5.74) is 9.16. The predicted molar refractivity (Wildman–Crippen MR) is 193 cm³/mol. The first-order valence-corrected chi connectivity index (χ1v) is 21.1. The van der Waals surface area contributed by atoms with Crippen molar-refractivity contribution in [2.75, 3.05) is 0 Å². The van der Waals surface area contributed by atoms with Crippen molar-refractivity contribution in [3.63, 3.8) is 0 Å². The molecule has 0 aromatic heterocycles. The average Bonchev–Trinajstić information content (AvgIpc) is 3.63. The van der Waals surface area contributed by atoms with Crippen LogP contribution in [0.25, 0.3) is 11.1 Å². The molecule has 2 aliphatic rings. The van der Waals surface area contributed by atoms with Gasteiger partial charge in [-0.15, -0.1) is 0 Å². The van der Waals surface area contributed by atoms with Crippen LogP contribution in [0.2, 0.25) is 0 Å². The van der Waals surface area contributed by atoms with E-state index in [1.54, 1.807) is 12.1 Å². The molecule has 0 saturated carbocycles. The predicted octanol–water partition coefficient (Wildman–Crippen LogP) is 12.2. The molecule has 0 heterocycles. The van der Waals surface area contributed by atoms with Gasteiger partial charge in [-0.2, -0.15) is 0 Å². The van der Waals surface area contributed by atoms with E-state index >= 15 is 0 Å². The zero-order valence-electron chi connectivity index (χ0n) is 30.6. The summed E-state index contributed by atoms with van der Waals surface area (Å²) >= 11 is -3.79. The van der Waals surface area contributed by atoms with Gasteiger partial charge in [-0.3, -0.25) is 0 Å². The standard InChI is InChI=1S/C17H17.C15H8F6.C12H19.Zr/c1-10-5-14-9-15-6-11(2)13(4)8-17(15)16(14)7-12(10)3;16-14(17,18)12-5-1-3-10(8-12)7-11-4-2-6-13(9-11)15(19,20)21;1-9(2)10-6-7-11(8-10)12(3,4)5;/h5,7-8H,9H2,1-4H3;1-6,8-9H;7-10H,1-5H3;. The average molecular weight is 778 g/mol. The third-order valence-corrected chi connectivity index (χ3v) is 18.8. The Morgan fingerprint density at radius 2 is 1.24 bits per heavy atom. The van der Waals surface area contributed by atoms with Crippen LogP contribution in [0.4, 0.5) is 26.3 Å². The van der Waals surface area contributed by atoms with E-state index in [-0.39, 0.29) is 17.3 Å². The summed E-state index contributed by atoms with van der Waals surface area (Å²) in [4.78, 5) is 0. The molecule has 1 unspecified atom stereocenters. The maximum absolute atomic E-state index is 14.4. The number of fused-ring (bicyclic) bond motifs is 3. The molecule has 0 bridgehead atoms. The second-order valence-corrected chi connectivity index (χ2v) is 21.4. The van der Waals surface area contributed by atoms with E-state index in [4.69, 9.17) is 0 Å². The number of hydrogen-bond acceptors (Lipinski definition) is 0. The van der Waals surface area contributed by atoms with Crippen LogP contribution in [0.1, 0.15) is 90.3 Å². The molecule has 4 aromatic carbocycles. The van der Waals surface area contributed by atoms with Crippen LogP contribution >= 0.6 is 0 Å². The monoisotopic (exact) mass is 776 g/mol. The maximum atomic E-state index is 14.4. The van der Waals surface area contributed by atoms with Gasteiger partial charge in [0.05, 0.1) is 0 Å². The Hall–Kier alpha value is -3.31. The van der Waals surface area contributed by atoms with Crippen molar-refractivity contribution in [2.45, 2.75) is 81.1 Å². The Labute approximate surface area is 305 Å². The Bertz CT molecular complexity index is 2090. The molecule has 2 aliphatic carbocycles. The zero-order valence-corrected chi connectivity index (χ0v) is 33.1. The minimum absolute atomic E-state index is 0.0101. The summed E-state index contributed by atoms with van der Waals surface area (Å²) in [5, 5.41) is 0. The minimum atomic E-state index is -4.62. The summed E-state index contributed by atoms with van der Waals surface area (Å²) in [6, 6.07) is 17.2. The normalized spacial score (nSPS) is 15.9. The van der Waals surface area contributed by atoms with Crippen molar-refractivity contribution in [3.8, 4) is 11.1 Å². The molecule has 0 amide bonds. The van der Waals surface area contributed by atoms with Gasteiger partial charge in [0.2, 0.25) is 0 Å². The molecule has 0 spiro atoms. The number of aryl methyl sites for hydroxylation is 3. The molecule has 51 heavy (non-hydrogen) atoms. The van der Waals surface area contributed by atoms with Gasteiger partial charge in [0.1, 0.15) is 0 Å². The molecule has 7 heteroatoms. The second kappa shape index (κ2) is 13.3. The molecule has 0 nitrogen and oxygen atoms in total. The third-order valence-electron chi connectivity index (χ3n) is 10.7. The molecule has 0 fully saturated rings. The van der Waals surface area contributed by atoms with Crippen molar-refractivity contribution in [1.29, 1.82) is 0 Å². The van der Waals surface area contributed by atoms with Crippen molar-refractivity contribution in [1.82, 2.24) is 0 Å². The summed E-state index contributed by atoms with van der Waals surface area (Å²) < 4.78 is 89.3. The number of rotatable bonds is 5. The van der Waals surface area contributed by atoms with Crippen molar-refractivity contribution < 1.29 is 47.6 Å². The van der Waals surface area contributed by atoms with Gasteiger partial charge in [-0.05, 0) is 0 Å². The van der Waals surface area contributed by atoms with Crippen LogP contribution in [0.5, 0.6) is 0 Å². The summed E-state index contributed by atoms with van der Waals surface area (Å²) in [6.45, 7) is 19.1. The molecule has 266 valence electrons. The Morgan fingerprint density at radius 3 is 1.75 bits per heavy atom. The van der Waals surface area contributed by atoms with Crippen LogP contribution in [0.3, 0.4) is 0 Å². The molecular formula is C44H44F6Zr. The third kappa shape index (κ3) is 7.09. The van der Waals surface area contributed by atoms with E-state index in [2.05, 4.69) is 92.7 Å². The topological polar surface area (TPSA) is 0 Å². The number of hydrogen-bond donors (Lipinski definition) is 0. The van der Waals surface area contributed by atoms with E-state index in [0.29, 0.717) is 20.8 Å². The van der Waals surface area contributed by atoms with Gasteiger partial charge in [0, 0.05) is 0 Å². The summed E-state index contributed by atoms with van der Waals surface area (Å²) in [6.07, 6.45) is -3.99. The van der Waals surface area contributed by atoms with E-state index in [0.717, 1.165) is 60.9 Å². The SMILES string of the molecule is Cc1cc2c(cc1C)-c1cc(C)c(C)[c]([Zr]([C]3=CC(C(C)(C)C)=CC3C(C)C)=[C](c3cccc(C(F)(F)F)c3)c3cccc(C(F)(F)F)c3)c1C2. The fraction of sp³-hybridized carbons (Fsp3) is 0.341. The van der Waals surface area contributed by atoms with Crippen LogP contribution < -0.4 is 3.27 Å². The van der Waals surface area contributed by atoms with E-state index < -0.39 is 44.7 Å². The fourth-order valence-corrected chi connectivity index (χ4v) is 17.1. The van der Waals surface area contributed by atoms with Gasteiger partial charge in [0.15, 0.2) is 0 Å². The second-order valence-electron chi connectivity index (χ2n) is 15.6. The van der Waals surface area contributed by atoms with Crippen LogP contribution in [0, 0.1) is 44.9 Å². The molecule has 0 aliphatic heterocycles. The van der Waals surface area contributed by atoms with Gasteiger partial charge in [-0.1, -0.05) is 0 Å². The molecule has 4 aromatic rings. The van der Waals surface area contributed by atoms with Gasteiger partial charge in [0.25, 0.3) is 0 Å². The molecule has 6 rings (SSSR count). The molecule has 0 saturated heterocycles. The molecular weight excluding hydrogens is 734 g/mol. The van der Waals surface area contributed by atoms with E-state index in [9.17, 15) is 26.3 Å². The Balaban J connectivity index is 1.84. The van der Waals surface area contributed by atoms with E-state index in [1.807, 2.05) is 0 Å². The molecule has 1 atom stereocenters. The summed E-state index contributed by atoms with van der Waals surface area (Å²) in [5.74, 6) is 0.153. The van der Waals surface area contributed by atoms with Crippen LogP contribution in [-0.4, -0.2) is 3.21 Å². The Kier molecular flexibility index (Phi) is 9.75. The quantitative estimate of drug-likeness (QED) is 0.156. The number of halogens is 6. The van der Waals surface area contributed by atoms with Gasteiger partial charge in [-0.25, -0.2) is 0 Å². The first-order valence-electron chi connectivity index (χ1n) is 17.4. The fourth-order valence-electron chi connectivity index (χ4n) is 7.62. The van der Waals surface area contributed by atoms with E-state index in [1.165, 1.54) is 32.1 Å². The van der Waals surface area contributed by atoms with Crippen molar-refractivity contribution in [2.24, 2.45) is 17.3 Å². The van der Waals surface area contributed by atoms with Crippen LogP contribution in [0.15, 0.2) is 87.7 Å². The van der Waals surface area contributed by atoms with Crippen molar-refractivity contribution in [3.05, 3.63) is 143 Å². The molecule has 0 N–H and O–H groups in total. The summed E-state index contributed by atoms with van der Waals surface area (Å²) in [7, 11) is 0. The van der Waals surface area contributed by atoms with Gasteiger partial charge < -0.3 is 0 Å². The first-order chi connectivity index (χ1) is 23.7. The van der Waals surface area contributed by atoms with Crippen molar-refractivity contribution >= 4 is 6.48 Å². The van der Waals surface area contributed by atoms with Gasteiger partial charge >= 0.3 is 307 Å². The zero-order chi connectivity index (χ0) is 37.4.